The molecule has 2 atom stereocenters. The van der Waals surface area contributed by atoms with Crippen molar-refractivity contribution in [1.82, 2.24) is 4.90 Å². The van der Waals surface area contributed by atoms with Crippen LogP contribution in [0, 0.1) is 11.3 Å². The molecule has 37 heavy (non-hydrogen) atoms. The average Bonchev–Trinajstić information content (AvgIpc) is 3.47. The predicted octanol–water partition coefficient (Wildman–Crippen LogP) is 5.47. The van der Waals surface area contributed by atoms with Gasteiger partial charge in [0.15, 0.2) is 0 Å². The molecule has 2 aliphatic carbocycles. The van der Waals surface area contributed by atoms with Crippen LogP contribution in [0.5, 0.6) is 11.5 Å². The first kappa shape index (κ1) is 25.7. The highest BCUT2D eigenvalue weighted by Crippen LogP contribution is 2.57. The number of benzene rings is 2. The molecular weight excluding hydrogens is 486 g/mol. The highest BCUT2D eigenvalue weighted by Gasteiger charge is 2.50. The van der Waals surface area contributed by atoms with E-state index < -0.39 is 0 Å². The van der Waals surface area contributed by atoms with Gasteiger partial charge in [-0.1, -0.05) is 42.7 Å². The molecule has 1 saturated heterocycles. The number of rotatable bonds is 7. The number of anilines is 1. The highest BCUT2D eigenvalue weighted by atomic mass is 35.5. The van der Waals surface area contributed by atoms with Gasteiger partial charge < -0.3 is 20.5 Å². The van der Waals surface area contributed by atoms with Crippen molar-refractivity contribution in [3.8, 4) is 11.5 Å². The Morgan fingerprint density at radius 2 is 1.81 bits per heavy atom. The zero-order valence-corrected chi connectivity index (χ0v) is 22.2. The van der Waals surface area contributed by atoms with E-state index in [1.54, 1.807) is 19.2 Å². The summed E-state index contributed by atoms with van der Waals surface area (Å²) in [6.07, 6.45) is 11.3. The lowest BCUT2D eigenvalue weighted by molar-refractivity contribution is -0.115. The number of phenols is 1. The molecule has 7 heteroatoms. The van der Waals surface area contributed by atoms with Gasteiger partial charge in [-0.2, -0.15) is 0 Å². The van der Waals surface area contributed by atoms with E-state index in [2.05, 4.69) is 28.0 Å². The first-order valence-electron chi connectivity index (χ1n) is 13.2. The minimum Gasteiger partial charge on any atom is -0.508 e. The Morgan fingerprint density at radius 1 is 1.11 bits per heavy atom. The van der Waals surface area contributed by atoms with E-state index in [0.717, 1.165) is 50.3 Å². The van der Waals surface area contributed by atoms with Crippen LogP contribution in [0.2, 0.25) is 5.02 Å². The van der Waals surface area contributed by atoms with Crippen molar-refractivity contribution in [3.63, 3.8) is 0 Å². The second-order valence-corrected chi connectivity index (χ2v) is 10.9. The van der Waals surface area contributed by atoms with Crippen molar-refractivity contribution >= 4 is 23.2 Å². The van der Waals surface area contributed by atoms with Crippen molar-refractivity contribution < 1.29 is 14.6 Å². The number of halogens is 1. The van der Waals surface area contributed by atoms with Crippen molar-refractivity contribution in [2.24, 2.45) is 17.1 Å². The maximum absolute atomic E-state index is 12.4. The molecule has 5 rings (SSSR count). The number of hydrogen-bond acceptors (Lipinski definition) is 5. The van der Waals surface area contributed by atoms with Gasteiger partial charge in [0.25, 0.3) is 0 Å². The van der Waals surface area contributed by atoms with Crippen molar-refractivity contribution in [3.05, 3.63) is 76.9 Å². The molecule has 2 aromatic rings. The number of ether oxygens (including phenoxy) is 1. The van der Waals surface area contributed by atoms with E-state index >= 15 is 0 Å². The second kappa shape index (κ2) is 10.8. The summed E-state index contributed by atoms with van der Waals surface area (Å²) in [7, 11) is 1.68. The van der Waals surface area contributed by atoms with Gasteiger partial charge in [-0.05, 0) is 67.6 Å². The van der Waals surface area contributed by atoms with Gasteiger partial charge in [0, 0.05) is 59.5 Å². The van der Waals surface area contributed by atoms with E-state index in [0.29, 0.717) is 22.9 Å². The Labute approximate surface area is 224 Å². The number of nitrogens with zero attached hydrogens (tertiary/aromatic N) is 2. The molecule has 2 unspecified atom stereocenters. The summed E-state index contributed by atoms with van der Waals surface area (Å²) >= 11 is 6.50. The third kappa shape index (κ3) is 5.10. The first-order chi connectivity index (χ1) is 17.9. The number of piperazine rings is 1. The van der Waals surface area contributed by atoms with Crippen LogP contribution in [-0.2, 0) is 4.79 Å². The molecule has 196 valence electrons. The van der Waals surface area contributed by atoms with E-state index in [1.165, 1.54) is 18.5 Å². The monoisotopic (exact) mass is 521 g/mol. The number of allylic oxidation sites excluding steroid dienone is 2. The number of carbonyl (C=O) groups excluding carboxylic acids is 1. The van der Waals surface area contributed by atoms with Gasteiger partial charge in [0.2, 0.25) is 5.91 Å². The molecule has 2 aromatic carbocycles. The molecule has 0 spiro atoms. The fourth-order valence-corrected chi connectivity index (χ4v) is 6.90. The maximum Gasteiger partial charge on any atom is 0.244 e. The van der Waals surface area contributed by atoms with Gasteiger partial charge in [-0.15, -0.1) is 0 Å². The van der Waals surface area contributed by atoms with Gasteiger partial charge in [-0.25, -0.2) is 0 Å². The molecule has 1 amide bonds. The summed E-state index contributed by atoms with van der Waals surface area (Å²) < 4.78 is 5.32. The van der Waals surface area contributed by atoms with Crippen LogP contribution >= 0.6 is 11.6 Å². The second-order valence-electron chi connectivity index (χ2n) is 10.5. The van der Waals surface area contributed by atoms with E-state index in [-0.39, 0.29) is 23.1 Å². The SMILES string of the molecule is COc1ccc(N2CCN(C(c3cc(Cl)ccc3O)C3(C4CCCC4)C=CC=C(C(N)=O)C3)CC2)cc1. The van der Waals surface area contributed by atoms with Crippen LogP contribution in [-0.4, -0.2) is 49.2 Å². The Balaban J connectivity index is 1.52. The quantitative estimate of drug-likeness (QED) is 0.505. The fraction of sp³-hybridized carbons (Fsp3) is 0.433. The lowest BCUT2D eigenvalue weighted by Crippen LogP contribution is -2.53. The zero-order chi connectivity index (χ0) is 26.0. The molecule has 0 aromatic heterocycles. The van der Waals surface area contributed by atoms with Crippen molar-refractivity contribution in [2.45, 2.75) is 38.1 Å². The molecule has 6 nitrogen and oxygen atoms in total. The number of hydrogen-bond donors (Lipinski definition) is 2. The molecule has 3 N–H and O–H groups in total. The van der Waals surface area contributed by atoms with E-state index in [4.69, 9.17) is 22.1 Å². The Bertz CT molecular complexity index is 1180. The van der Waals surface area contributed by atoms with Crippen LogP contribution in [0.25, 0.3) is 0 Å². The highest BCUT2D eigenvalue weighted by molar-refractivity contribution is 6.30. The first-order valence-corrected chi connectivity index (χ1v) is 13.6. The number of amides is 1. The van der Waals surface area contributed by atoms with Crippen LogP contribution in [0.1, 0.15) is 43.7 Å². The minimum atomic E-state index is -0.370. The zero-order valence-electron chi connectivity index (χ0n) is 21.4. The molecule has 1 aliphatic heterocycles. The smallest absolute Gasteiger partial charge is 0.244 e. The summed E-state index contributed by atoms with van der Waals surface area (Å²) in [6.45, 7) is 3.35. The topological polar surface area (TPSA) is 79.0 Å². The molecule has 2 fully saturated rings. The standard InChI is InChI=1S/C30H36ClN3O3/c1-37-25-11-9-24(10-12-25)33-15-17-34(18-16-33)28(26-19-23(31)8-13-27(26)35)30(22-6-2-3-7-22)14-4-5-21(20-30)29(32)36/h4-5,8-14,19,22,28,35H,2-3,6-7,15-18,20H2,1H3,(H2,32,36). The number of methoxy groups -OCH3 is 1. The molecule has 1 heterocycles. The molecule has 0 radical (unpaired) electrons. The summed E-state index contributed by atoms with van der Waals surface area (Å²) in [5.41, 5.74) is 8.11. The molecule has 1 saturated carbocycles. The number of phenolic OH excluding ortho intramolecular Hbond substituents is 1. The van der Waals surface area contributed by atoms with E-state index in [9.17, 15) is 9.90 Å². The van der Waals surface area contributed by atoms with Crippen LogP contribution in [0.4, 0.5) is 5.69 Å². The maximum atomic E-state index is 12.4. The third-order valence-corrected chi connectivity index (χ3v) is 8.78. The summed E-state index contributed by atoms with van der Waals surface area (Å²) in [5, 5.41) is 11.7. The molecule has 0 bridgehead atoms. The Hall–Kier alpha value is -2.96. The predicted molar refractivity (Wildman–Crippen MR) is 148 cm³/mol. The number of aromatic hydroxyl groups is 1. The van der Waals surface area contributed by atoms with Crippen molar-refractivity contribution in [1.29, 1.82) is 0 Å². The lowest BCUT2D eigenvalue weighted by atomic mass is 9.61. The number of primary amides is 1. The van der Waals surface area contributed by atoms with E-state index in [1.807, 2.05) is 30.4 Å². The number of carbonyl (C=O) groups is 1. The minimum absolute atomic E-state index is 0.133. The summed E-state index contributed by atoms with van der Waals surface area (Å²) in [6, 6.07) is 13.4. The normalized spacial score (nSPS) is 23.6. The fourth-order valence-electron chi connectivity index (χ4n) is 6.72. The molecular formula is C30H36ClN3O3. The lowest BCUT2D eigenvalue weighted by Gasteiger charge is -2.52. The van der Waals surface area contributed by atoms with Gasteiger partial charge >= 0.3 is 0 Å². The Kier molecular flexibility index (Phi) is 7.50. The third-order valence-electron chi connectivity index (χ3n) is 8.54. The largest absolute Gasteiger partial charge is 0.508 e. The van der Waals surface area contributed by atoms with Gasteiger partial charge in [0.1, 0.15) is 11.5 Å². The summed E-state index contributed by atoms with van der Waals surface area (Å²) in [4.78, 5) is 17.3. The Morgan fingerprint density at radius 3 is 2.46 bits per heavy atom. The summed E-state index contributed by atoms with van der Waals surface area (Å²) in [5.74, 6) is 1.10. The van der Waals surface area contributed by atoms with Crippen LogP contribution in [0.3, 0.4) is 0 Å². The van der Waals surface area contributed by atoms with Crippen molar-refractivity contribution in [2.75, 3.05) is 38.2 Å². The van der Waals surface area contributed by atoms with Crippen LogP contribution in [0.15, 0.2) is 66.3 Å². The molecule has 3 aliphatic rings. The van der Waals surface area contributed by atoms with Gasteiger partial charge in [-0.3, -0.25) is 9.69 Å². The average molecular weight is 522 g/mol. The van der Waals surface area contributed by atoms with Crippen LogP contribution < -0.4 is 15.4 Å². The number of nitrogens with two attached hydrogens (primary N) is 1. The van der Waals surface area contributed by atoms with Gasteiger partial charge in [0.05, 0.1) is 7.11 Å².